The second-order valence-corrected chi connectivity index (χ2v) is 7.76. The van der Waals surface area contributed by atoms with Gasteiger partial charge < -0.3 is 14.4 Å². The lowest BCUT2D eigenvalue weighted by molar-refractivity contribution is -0.130. The number of nitrogens with zero attached hydrogens (tertiary/aromatic N) is 1. The summed E-state index contributed by atoms with van der Waals surface area (Å²) in [6.07, 6.45) is 1.22. The van der Waals surface area contributed by atoms with E-state index in [-0.39, 0.29) is 18.5 Å². The van der Waals surface area contributed by atoms with Gasteiger partial charge in [-0.05, 0) is 41.8 Å². The summed E-state index contributed by atoms with van der Waals surface area (Å²) in [5.41, 5.74) is 2.06. The van der Waals surface area contributed by atoms with Gasteiger partial charge in [-0.25, -0.2) is 4.39 Å². The van der Waals surface area contributed by atoms with Crippen LogP contribution in [0.5, 0.6) is 11.5 Å². The Morgan fingerprint density at radius 1 is 1.12 bits per heavy atom. The van der Waals surface area contributed by atoms with Crippen molar-refractivity contribution in [1.29, 1.82) is 0 Å². The number of hydrogen-bond donors (Lipinski definition) is 0. The van der Waals surface area contributed by atoms with E-state index < -0.39 is 0 Å². The summed E-state index contributed by atoms with van der Waals surface area (Å²) in [4.78, 5) is 14.5. The van der Waals surface area contributed by atoms with Gasteiger partial charge in [0.05, 0.1) is 6.42 Å². The number of amides is 1. The lowest BCUT2D eigenvalue weighted by Gasteiger charge is -2.20. The van der Waals surface area contributed by atoms with Crippen molar-refractivity contribution >= 4 is 17.7 Å². The number of benzene rings is 2. The Morgan fingerprint density at radius 3 is 2.77 bits per heavy atom. The molecule has 0 saturated carbocycles. The molecule has 2 aromatic rings. The number of rotatable bonds is 3. The molecule has 1 amide bonds. The van der Waals surface area contributed by atoms with Crippen LogP contribution in [0.4, 0.5) is 4.39 Å². The molecule has 2 aromatic carbocycles. The van der Waals surface area contributed by atoms with Crippen LogP contribution in [0.2, 0.25) is 0 Å². The highest BCUT2D eigenvalue weighted by atomic mass is 32.2. The fourth-order valence-corrected chi connectivity index (χ4v) is 4.51. The molecule has 0 N–H and O–H groups in total. The lowest BCUT2D eigenvalue weighted by Crippen LogP contribution is -2.34. The van der Waals surface area contributed by atoms with Crippen LogP contribution in [0, 0.1) is 5.82 Å². The molecule has 0 radical (unpaired) electrons. The average molecular weight is 373 g/mol. The number of carbonyl (C=O) groups is 1. The third-order valence-corrected chi connectivity index (χ3v) is 6.06. The monoisotopic (exact) mass is 373 g/mol. The summed E-state index contributed by atoms with van der Waals surface area (Å²) in [5.74, 6) is 2.32. The van der Waals surface area contributed by atoms with Crippen molar-refractivity contribution < 1.29 is 18.7 Å². The van der Waals surface area contributed by atoms with E-state index in [4.69, 9.17) is 9.47 Å². The van der Waals surface area contributed by atoms with E-state index in [1.807, 2.05) is 22.7 Å². The van der Waals surface area contributed by atoms with Crippen LogP contribution >= 0.6 is 11.8 Å². The summed E-state index contributed by atoms with van der Waals surface area (Å²) in [7, 11) is 0. The zero-order chi connectivity index (χ0) is 17.9. The smallest absolute Gasteiger partial charge is 0.231 e. The molecule has 2 aliphatic heterocycles. The second kappa shape index (κ2) is 7.58. The standard InChI is InChI=1S/C20H20FNO3S/c21-16-4-1-14(2-5-16)11-20(23)22-8-7-19(26-10-9-22)15-3-6-17-18(12-15)25-13-24-17/h1-6,12,19H,7-11,13H2. The van der Waals surface area contributed by atoms with Gasteiger partial charge in [-0.1, -0.05) is 18.2 Å². The molecule has 0 aliphatic carbocycles. The van der Waals surface area contributed by atoms with Crippen molar-refractivity contribution in [1.82, 2.24) is 4.90 Å². The minimum Gasteiger partial charge on any atom is -0.454 e. The molecule has 26 heavy (non-hydrogen) atoms. The normalized spacial score (nSPS) is 19.3. The molecule has 2 aliphatic rings. The molecule has 1 saturated heterocycles. The third kappa shape index (κ3) is 3.80. The SMILES string of the molecule is O=C(Cc1ccc(F)cc1)N1CCSC(c2ccc3c(c2)OCO3)CC1. The van der Waals surface area contributed by atoms with Crippen molar-refractivity contribution in [3.8, 4) is 11.5 Å². The van der Waals surface area contributed by atoms with Crippen LogP contribution in [-0.4, -0.2) is 36.4 Å². The molecule has 136 valence electrons. The topological polar surface area (TPSA) is 38.8 Å². The first-order chi connectivity index (χ1) is 12.7. The molecular formula is C20H20FNO3S. The van der Waals surface area contributed by atoms with Crippen LogP contribution in [-0.2, 0) is 11.2 Å². The summed E-state index contributed by atoms with van der Waals surface area (Å²) in [6, 6.07) is 12.2. The highest BCUT2D eigenvalue weighted by Crippen LogP contribution is 2.40. The molecule has 1 atom stereocenters. The number of thioether (sulfide) groups is 1. The molecule has 6 heteroatoms. The van der Waals surface area contributed by atoms with E-state index in [0.717, 1.165) is 42.3 Å². The number of hydrogen-bond acceptors (Lipinski definition) is 4. The maximum atomic E-state index is 13.0. The highest BCUT2D eigenvalue weighted by Gasteiger charge is 2.24. The first-order valence-electron chi connectivity index (χ1n) is 8.72. The lowest BCUT2D eigenvalue weighted by atomic mass is 10.1. The van der Waals surface area contributed by atoms with Crippen molar-refractivity contribution in [3.63, 3.8) is 0 Å². The van der Waals surface area contributed by atoms with Crippen LogP contribution in [0.1, 0.15) is 22.8 Å². The Balaban J connectivity index is 1.38. The predicted octanol–water partition coefficient (Wildman–Crippen LogP) is 3.80. The minimum atomic E-state index is -0.279. The van der Waals surface area contributed by atoms with Crippen LogP contribution in [0.15, 0.2) is 42.5 Å². The molecule has 4 rings (SSSR count). The van der Waals surface area contributed by atoms with Gasteiger partial charge in [-0.2, -0.15) is 11.8 Å². The molecule has 0 spiro atoms. The van der Waals surface area contributed by atoms with Crippen LogP contribution in [0.3, 0.4) is 0 Å². The average Bonchev–Trinajstić information content (AvgIpc) is 2.98. The van der Waals surface area contributed by atoms with Crippen LogP contribution in [0.25, 0.3) is 0 Å². The van der Waals surface area contributed by atoms with Crippen molar-refractivity contribution in [2.45, 2.75) is 18.1 Å². The fourth-order valence-electron chi connectivity index (χ4n) is 3.29. The molecule has 4 nitrogen and oxygen atoms in total. The van der Waals surface area contributed by atoms with Gasteiger partial charge in [0.2, 0.25) is 12.7 Å². The van der Waals surface area contributed by atoms with Crippen LogP contribution < -0.4 is 9.47 Å². The van der Waals surface area contributed by atoms with Crippen molar-refractivity contribution in [2.24, 2.45) is 0 Å². The molecule has 2 heterocycles. The van der Waals surface area contributed by atoms with Crippen molar-refractivity contribution in [2.75, 3.05) is 25.6 Å². The first-order valence-corrected chi connectivity index (χ1v) is 9.77. The van der Waals surface area contributed by atoms with Gasteiger partial charge >= 0.3 is 0 Å². The quantitative estimate of drug-likeness (QED) is 0.820. The molecule has 0 bridgehead atoms. The summed E-state index contributed by atoms with van der Waals surface area (Å²) < 4.78 is 23.8. The Bertz CT molecular complexity index is 796. The van der Waals surface area contributed by atoms with Gasteiger partial charge in [-0.3, -0.25) is 4.79 Å². The van der Waals surface area contributed by atoms with Gasteiger partial charge in [0.1, 0.15) is 5.82 Å². The third-order valence-electron chi connectivity index (χ3n) is 4.73. The maximum absolute atomic E-state index is 13.0. The van der Waals surface area contributed by atoms with Gasteiger partial charge in [0, 0.05) is 24.1 Å². The van der Waals surface area contributed by atoms with Gasteiger partial charge in [0.25, 0.3) is 0 Å². The van der Waals surface area contributed by atoms with Gasteiger partial charge in [-0.15, -0.1) is 0 Å². The Kier molecular flexibility index (Phi) is 5.02. The number of carbonyl (C=O) groups excluding carboxylic acids is 1. The zero-order valence-corrected chi connectivity index (χ0v) is 15.1. The van der Waals surface area contributed by atoms with Crippen molar-refractivity contribution in [3.05, 3.63) is 59.4 Å². The van der Waals surface area contributed by atoms with E-state index >= 15 is 0 Å². The Hall–Kier alpha value is -2.21. The summed E-state index contributed by atoms with van der Waals surface area (Å²) >= 11 is 1.87. The predicted molar refractivity (Wildman–Crippen MR) is 99.1 cm³/mol. The molecule has 1 unspecified atom stereocenters. The largest absolute Gasteiger partial charge is 0.454 e. The molecule has 0 aromatic heterocycles. The number of halogens is 1. The van der Waals surface area contributed by atoms with E-state index in [2.05, 4.69) is 12.1 Å². The Labute approximate surface area is 156 Å². The number of ether oxygens (including phenoxy) is 2. The second-order valence-electron chi connectivity index (χ2n) is 6.44. The highest BCUT2D eigenvalue weighted by molar-refractivity contribution is 7.99. The minimum absolute atomic E-state index is 0.101. The Morgan fingerprint density at radius 2 is 1.92 bits per heavy atom. The maximum Gasteiger partial charge on any atom is 0.231 e. The van der Waals surface area contributed by atoms with Gasteiger partial charge in [0.15, 0.2) is 11.5 Å². The van der Waals surface area contributed by atoms with E-state index in [1.165, 1.54) is 17.7 Å². The molecule has 1 fully saturated rings. The zero-order valence-electron chi connectivity index (χ0n) is 14.3. The fraction of sp³-hybridized carbons (Fsp3) is 0.350. The summed E-state index contributed by atoms with van der Waals surface area (Å²) in [5, 5.41) is 0.341. The van der Waals surface area contributed by atoms with E-state index in [9.17, 15) is 9.18 Å². The molecular weight excluding hydrogens is 353 g/mol. The van der Waals surface area contributed by atoms with E-state index in [0.29, 0.717) is 11.7 Å². The van der Waals surface area contributed by atoms with E-state index in [1.54, 1.807) is 12.1 Å². The first kappa shape index (κ1) is 17.2. The number of fused-ring (bicyclic) bond motifs is 1. The summed E-state index contributed by atoms with van der Waals surface area (Å²) in [6.45, 7) is 1.75.